The van der Waals surface area contributed by atoms with Gasteiger partial charge in [-0.15, -0.1) is 0 Å². The second-order valence-electron chi connectivity index (χ2n) is 5.65. The normalized spacial score (nSPS) is 14.2. The van der Waals surface area contributed by atoms with Crippen LogP contribution in [-0.2, 0) is 16.6 Å². The second-order valence-corrected chi connectivity index (χ2v) is 5.65. The van der Waals surface area contributed by atoms with Crippen LogP contribution in [0.1, 0.15) is 10.5 Å². The quantitative estimate of drug-likeness (QED) is 0.871. The number of hydrogen-bond acceptors (Lipinski definition) is 5. The summed E-state index contributed by atoms with van der Waals surface area (Å²) in [4.78, 5) is 29.8. The first-order valence-corrected chi connectivity index (χ1v) is 7.99. The largest absolute Gasteiger partial charge is 0.484 e. The molecule has 0 unspecified atom stereocenters. The minimum atomic E-state index is -0.240. The Morgan fingerprint density at radius 3 is 2.60 bits per heavy atom. The maximum absolute atomic E-state index is 12.1. The van der Waals surface area contributed by atoms with Gasteiger partial charge >= 0.3 is 0 Å². The monoisotopic (exact) mass is 344 g/mol. The van der Waals surface area contributed by atoms with Gasteiger partial charge in [0.05, 0.1) is 25.7 Å². The zero-order valence-electron chi connectivity index (χ0n) is 14.0. The van der Waals surface area contributed by atoms with E-state index in [1.165, 1.54) is 6.20 Å². The molecule has 1 fully saturated rings. The van der Waals surface area contributed by atoms with Crippen molar-refractivity contribution in [1.82, 2.24) is 14.5 Å². The molecule has 1 aliphatic rings. The average molecular weight is 344 g/mol. The number of amides is 2. The highest BCUT2D eigenvalue weighted by Gasteiger charge is 2.17. The zero-order chi connectivity index (χ0) is 17.6. The summed E-state index contributed by atoms with van der Waals surface area (Å²) in [7, 11) is 1.75. The number of anilines is 1. The summed E-state index contributed by atoms with van der Waals surface area (Å²) in [6.45, 7) is 2.32. The maximum atomic E-state index is 12.1. The molecule has 0 bridgehead atoms. The molecule has 8 nitrogen and oxygen atoms in total. The van der Waals surface area contributed by atoms with Crippen LogP contribution in [0.3, 0.4) is 0 Å². The van der Waals surface area contributed by atoms with Crippen LogP contribution in [0.25, 0.3) is 0 Å². The number of nitrogens with one attached hydrogen (secondary N) is 1. The van der Waals surface area contributed by atoms with Gasteiger partial charge in [0.25, 0.3) is 11.8 Å². The Balaban J connectivity index is 1.51. The van der Waals surface area contributed by atoms with Crippen LogP contribution >= 0.6 is 0 Å². The van der Waals surface area contributed by atoms with Gasteiger partial charge in [0.15, 0.2) is 6.61 Å². The Morgan fingerprint density at radius 2 is 1.96 bits per heavy atom. The van der Waals surface area contributed by atoms with Crippen LogP contribution in [0.4, 0.5) is 5.69 Å². The molecule has 1 saturated heterocycles. The van der Waals surface area contributed by atoms with Crippen molar-refractivity contribution in [3.63, 3.8) is 0 Å². The van der Waals surface area contributed by atoms with Gasteiger partial charge in [0.2, 0.25) is 0 Å². The number of nitrogens with zero attached hydrogens (tertiary/aromatic N) is 3. The minimum Gasteiger partial charge on any atom is -0.484 e. The average Bonchev–Trinajstić information content (AvgIpc) is 3.08. The van der Waals surface area contributed by atoms with Crippen molar-refractivity contribution < 1.29 is 19.1 Å². The predicted octanol–water partition coefficient (Wildman–Crippen LogP) is 0.910. The van der Waals surface area contributed by atoms with Crippen LogP contribution in [-0.4, -0.2) is 59.2 Å². The number of imidazole rings is 1. The van der Waals surface area contributed by atoms with Crippen LogP contribution in [0, 0.1) is 0 Å². The van der Waals surface area contributed by atoms with E-state index in [0.29, 0.717) is 43.4 Å². The Bertz CT molecular complexity index is 735. The van der Waals surface area contributed by atoms with E-state index >= 15 is 0 Å². The van der Waals surface area contributed by atoms with Crippen LogP contribution in [0.15, 0.2) is 36.8 Å². The number of carbonyl (C=O) groups is 2. The topological polar surface area (TPSA) is 85.7 Å². The van der Waals surface area contributed by atoms with E-state index in [9.17, 15) is 9.59 Å². The molecule has 0 aliphatic carbocycles. The van der Waals surface area contributed by atoms with Crippen molar-refractivity contribution in [2.24, 2.45) is 7.05 Å². The van der Waals surface area contributed by atoms with Gasteiger partial charge in [0, 0.05) is 25.8 Å². The van der Waals surface area contributed by atoms with Crippen LogP contribution in [0.2, 0.25) is 0 Å². The summed E-state index contributed by atoms with van der Waals surface area (Å²) >= 11 is 0. The number of rotatable bonds is 5. The van der Waals surface area contributed by atoms with E-state index in [0.717, 1.165) is 0 Å². The smallest absolute Gasteiger partial charge is 0.273 e. The third kappa shape index (κ3) is 4.36. The predicted molar refractivity (Wildman–Crippen MR) is 90.5 cm³/mol. The Kier molecular flexibility index (Phi) is 5.30. The third-order valence-electron chi connectivity index (χ3n) is 3.89. The fourth-order valence-corrected chi connectivity index (χ4v) is 2.45. The lowest BCUT2D eigenvalue weighted by molar-refractivity contribution is -0.137. The molecule has 25 heavy (non-hydrogen) atoms. The summed E-state index contributed by atoms with van der Waals surface area (Å²) in [6, 6.07) is 6.88. The molecule has 1 N–H and O–H groups in total. The summed E-state index contributed by atoms with van der Waals surface area (Å²) < 4.78 is 12.4. The standard InChI is InChI=1S/C17H20N4O4/c1-20-12-18-10-15(20)17(23)19-13-2-4-14(5-3-13)25-11-16(22)21-6-8-24-9-7-21/h2-5,10,12H,6-9,11H2,1H3,(H,19,23). The van der Waals surface area contributed by atoms with E-state index < -0.39 is 0 Å². The zero-order valence-corrected chi connectivity index (χ0v) is 14.0. The highest BCUT2D eigenvalue weighted by atomic mass is 16.5. The molecule has 0 saturated carbocycles. The molecule has 0 spiro atoms. The summed E-state index contributed by atoms with van der Waals surface area (Å²) in [6.07, 6.45) is 3.07. The molecule has 8 heteroatoms. The van der Waals surface area contributed by atoms with Gasteiger partial charge in [-0.1, -0.05) is 0 Å². The van der Waals surface area contributed by atoms with E-state index in [1.807, 2.05) is 0 Å². The molecule has 1 aromatic carbocycles. The highest BCUT2D eigenvalue weighted by Crippen LogP contribution is 2.16. The van der Waals surface area contributed by atoms with Crippen molar-refractivity contribution in [3.05, 3.63) is 42.5 Å². The summed E-state index contributed by atoms with van der Waals surface area (Å²) in [5, 5.41) is 2.78. The van der Waals surface area contributed by atoms with Crippen molar-refractivity contribution in [1.29, 1.82) is 0 Å². The summed E-state index contributed by atoms with van der Waals surface area (Å²) in [5.74, 6) is 0.271. The fraction of sp³-hybridized carbons (Fsp3) is 0.353. The Hall–Kier alpha value is -2.87. The lowest BCUT2D eigenvalue weighted by Gasteiger charge is -2.26. The van der Waals surface area contributed by atoms with E-state index in [4.69, 9.17) is 9.47 Å². The lowest BCUT2D eigenvalue weighted by atomic mass is 10.3. The molecule has 2 heterocycles. The first-order valence-electron chi connectivity index (χ1n) is 7.99. The summed E-state index contributed by atoms with van der Waals surface area (Å²) in [5.41, 5.74) is 1.11. The van der Waals surface area contributed by atoms with Crippen LogP contribution < -0.4 is 10.1 Å². The molecule has 0 radical (unpaired) electrons. The van der Waals surface area contributed by atoms with E-state index in [1.54, 1.807) is 47.1 Å². The van der Waals surface area contributed by atoms with E-state index in [-0.39, 0.29) is 18.4 Å². The number of hydrogen-bond donors (Lipinski definition) is 1. The first-order chi connectivity index (χ1) is 12.1. The van der Waals surface area contributed by atoms with Gasteiger partial charge in [0.1, 0.15) is 11.4 Å². The third-order valence-corrected chi connectivity index (χ3v) is 3.89. The molecule has 1 aliphatic heterocycles. The van der Waals surface area contributed by atoms with E-state index in [2.05, 4.69) is 10.3 Å². The molecule has 3 rings (SSSR count). The fourth-order valence-electron chi connectivity index (χ4n) is 2.45. The number of carbonyl (C=O) groups excluding carboxylic acids is 2. The Morgan fingerprint density at radius 1 is 1.24 bits per heavy atom. The number of aryl methyl sites for hydroxylation is 1. The van der Waals surface area contributed by atoms with Gasteiger partial charge in [-0.25, -0.2) is 4.98 Å². The van der Waals surface area contributed by atoms with Crippen LogP contribution in [0.5, 0.6) is 5.75 Å². The Labute approximate surface area is 145 Å². The minimum absolute atomic E-state index is 0.0132. The second kappa shape index (κ2) is 7.80. The number of morpholine rings is 1. The molecule has 2 amide bonds. The van der Waals surface area contributed by atoms with Gasteiger partial charge < -0.3 is 24.3 Å². The molecule has 1 aromatic heterocycles. The van der Waals surface area contributed by atoms with Crippen molar-refractivity contribution in [2.75, 3.05) is 38.2 Å². The first kappa shape index (κ1) is 17.0. The molecule has 0 atom stereocenters. The molecule has 132 valence electrons. The van der Waals surface area contributed by atoms with Gasteiger partial charge in [-0.05, 0) is 24.3 Å². The molecule has 2 aromatic rings. The molecular formula is C17H20N4O4. The van der Waals surface area contributed by atoms with Crippen molar-refractivity contribution in [2.45, 2.75) is 0 Å². The highest BCUT2D eigenvalue weighted by molar-refractivity contribution is 6.02. The van der Waals surface area contributed by atoms with Crippen molar-refractivity contribution >= 4 is 17.5 Å². The maximum Gasteiger partial charge on any atom is 0.273 e. The number of aromatic nitrogens is 2. The number of ether oxygens (including phenoxy) is 2. The SMILES string of the molecule is Cn1cncc1C(=O)Nc1ccc(OCC(=O)N2CCOCC2)cc1. The van der Waals surface area contributed by atoms with Crippen molar-refractivity contribution in [3.8, 4) is 5.75 Å². The van der Waals surface area contributed by atoms with Gasteiger partial charge in [-0.3, -0.25) is 9.59 Å². The van der Waals surface area contributed by atoms with Gasteiger partial charge in [-0.2, -0.15) is 0 Å². The number of benzene rings is 1. The molecular weight excluding hydrogens is 324 g/mol. The lowest BCUT2D eigenvalue weighted by Crippen LogP contribution is -2.42.